The number of hydrogen-bond donors (Lipinski definition) is 1. The number of benzene rings is 2. The molecule has 0 saturated carbocycles. The van der Waals surface area contributed by atoms with Gasteiger partial charge in [0.1, 0.15) is 11.6 Å². The number of likely N-dealkylation sites (tertiary alicyclic amines) is 1. The fourth-order valence-corrected chi connectivity index (χ4v) is 3.63. The van der Waals surface area contributed by atoms with Crippen LogP contribution in [-0.2, 0) is 4.74 Å². The van der Waals surface area contributed by atoms with Crippen LogP contribution in [0.15, 0.2) is 53.5 Å². The van der Waals surface area contributed by atoms with Gasteiger partial charge in [-0.15, -0.1) is 24.0 Å². The normalized spacial score (nSPS) is 17.6. The highest BCUT2D eigenvalue weighted by Gasteiger charge is 2.26. The monoisotopic (exact) mass is 513 g/mol. The highest BCUT2D eigenvalue weighted by molar-refractivity contribution is 14.0. The number of methoxy groups -OCH3 is 2. The number of nitrogens with zero attached hydrogens (tertiary/aromatic N) is 2. The summed E-state index contributed by atoms with van der Waals surface area (Å²) < 4.78 is 24.0. The van der Waals surface area contributed by atoms with Gasteiger partial charge in [-0.1, -0.05) is 24.3 Å². The first-order valence-electron chi connectivity index (χ1n) is 9.52. The van der Waals surface area contributed by atoms with Gasteiger partial charge in [0, 0.05) is 39.7 Å². The fraction of sp³-hybridized carbons (Fsp3) is 0.409. The third kappa shape index (κ3) is 6.05. The Hall–Kier alpha value is -1.87. The molecule has 5 nitrogen and oxygen atoms in total. The lowest BCUT2D eigenvalue weighted by atomic mass is 9.98. The van der Waals surface area contributed by atoms with E-state index in [1.165, 1.54) is 17.7 Å². The van der Waals surface area contributed by atoms with Crippen LogP contribution in [0.5, 0.6) is 5.75 Å². The first kappa shape index (κ1) is 23.4. The van der Waals surface area contributed by atoms with Crippen molar-refractivity contribution in [2.75, 3.05) is 40.9 Å². The van der Waals surface area contributed by atoms with Crippen LogP contribution in [0.1, 0.15) is 29.6 Å². The lowest BCUT2D eigenvalue weighted by molar-refractivity contribution is 0.106. The summed E-state index contributed by atoms with van der Waals surface area (Å²) in [5.41, 5.74) is 2.25. The van der Waals surface area contributed by atoms with E-state index < -0.39 is 0 Å². The molecule has 29 heavy (non-hydrogen) atoms. The Morgan fingerprint density at radius 2 is 1.86 bits per heavy atom. The predicted molar refractivity (Wildman–Crippen MR) is 125 cm³/mol. The first-order valence-corrected chi connectivity index (χ1v) is 9.52. The number of nitrogens with one attached hydrogen (secondary N) is 1. The molecule has 1 heterocycles. The Morgan fingerprint density at radius 1 is 1.17 bits per heavy atom. The minimum Gasteiger partial charge on any atom is -0.497 e. The molecule has 0 amide bonds. The first-order chi connectivity index (χ1) is 13.6. The molecule has 1 aliphatic heterocycles. The molecule has 2 atom stereocenters. The van der Waals surface area contributed by atoms with Crippen LogP contribution < -0.4 is 10.1 Å². The van der Waals surface area contributed by atoms with E-state index in [4.69, 9.17) is 9.47 Å². The van der Waals surface area contributed by atoms with Crippen LogP contribution in [0.3, 0.4) is 0 Å². The van der Waals surface area contributed by atoms with Crippen molar-refractivity contribution >= 4 is 29.9 Å². The van der Waals surface area contributed by atoms with E-state index in [-0.39, 0.29) is 35.9 Å². The van der Waals surface area contributed by atoms with Gasteiger partial charge in [0.2, 0.25) is 0 Å². The molecule has 2 aromatic rings. The van der Waals surface area contributed by atoms with E-state index in [1.807, 2.05) is 12.1 Å². The quantitative estimate of drug-likeness (QED) is 0.358. The fourth-order valence-electron chi connectivity index (χ4n) is 3.63. The van der Waals surface area contributed by atoms with E-state index in [9.17, 15) is 4.39 Å². The van der Waals surface area contributed by atoms with Crippen molar-refractivity contribution in [3.8, 4) is 5.75 Å². The highest BCUT2D eigenvalue weighted by Crippen LogP contribution is 2.28. The molecule has 1 saturated heterocycles. The summed E-state index contributed by atoms with van der Waals surface area (Å²) >= 11 is 0. The minimum atomic E-state index is -0.246. The van der Waals surface area contributed by atoms with Crippen molar-refractivity contribution in [3.63, 3.8) is 0 Å². The maximum atomic E-state index is 13.2. The molecular formula is C22H29FIN3O2. The van der Waals surface area contributed by atoms with Gasteiger partial charge in [-0.05, 0) is 41.8 Å². The van der Waals surface area contributed by atoms with Crippen molar-refractivity contribution in [2.45, 2.75) is 18.4 Å². The van der Waals surface area contributed by atoms with E-state index in [1.54, 1.807) is 33.4 Å². The topological polar surface area (TPSA) is 46.1 Å². The average molecular weight is 513 g/mol. The van der Waals surface area contributed by atoms with Gasteiger partial charge < -0.3 is 19.7 Å². The van der Waals surface area contributed by atoms with Crippen LogP contribution in [0.25, 0.3) is 0 Å². The summed E-state index contributed by atoms with van der Waals surface area (Å²) in [6.07, 6.45) is 0.913. The van der Waals surface area contributed by atoms with Gasteiger partial charge in [0.25, 0.3) is 0 Å². The van der Waals surface area contributed by atoms with Crippen molar-refractivity contribution in [1.29, 1.82) is 0 Å². The van der Waals surface area contributed by atoms with E-state index in [0.29, 0.717) is 12.5 Å². The molecule has 7 heteroatoms. The lowest BCUT2D eigenvalue weighted by Crippen LogP contribution is -2.41. The zero-order valence-electron chi connectivity index (χ0n) is 17.1. The van der Waals surface area contributed by atoms with Gasteiger partial charge >= 0.3 is 0 Å². The second kappa shape index (κ2) is 11.3. The van der Waals surface area contributed by atoms with Gasteiger partial charge in [0.15, 0.2) is 5.96 Å². The maximum Gasteiger partial charge on any atom is 0.193 e. The van der Waals surface area contributed by atoms with Crippen LogP contribution in [0.4, 0.5) is 4.39 Å². The zero-order valence-corrected chi connectivity index (χ0v) is 19.4. The molecule has 0 spiro atoms. The van der Waals surface area contributed by atoms with Crippen molar-refractivity contribution in [3.05, 3.63) is 65.5 Å². The summed E-state index contributed by atoms with van der Waals surface area (Å²) in [6, 6.07) is 14.7. The zero-order chi connectivity index (χ0) is 19.9. The van der Waals surface area contributed by atoms with Crippen LogP contribution in [0, 0.1) is 5.82 Å². The third-order valence-electron chi connectivity index (χ3n) is 5.26. The molecule has 1 N–H and O–H groups in total. The predicted octanol–water partition coefficient (Wildman–Crippen LogP) is 4.20. The standard InChI is InChI=1S/C22H28FN3O2.HI/c1-24-22(25-14-21(28-3)17-4-8-19(23)9-5-17)26-13-12-18(15-26)16-6-10-20(27-2)11-7-16;/h4-11,18,21H,12-15H2,1-3H3,(H,24,25);1H. The van der Waals surface area contributed by atoms with Crippen LogP contribution >= 0.6 is 24.0 Å². The van der Waals surface area contributed by atoms with Gasteiger partial charge in [-0.3, -0.25) is 4.99 Å². The number of guanidine groups is 1. The Labute approximate surface area is 189 Å². The highest BCUT2D eigenvalue weighted by atomic mass is 127. The second-order valence-electron chi connectivity index (χ2n) is 6.91. The summed E-state index contributed by atoms with van der Waals surface area (Å²) in [5, 5.41) is 3.40. The van der Waals surface area contributed by atoms with Crippen molar-refractivity contribution in [2.24, 2.45) is 4.99 Å². The largest absolute Gasteiger partial charge is 0.497 e. The lowest BCUT2D eigenvalue weighted by Gasteiger charge is -2.24. The van der Waals surface area contributed by atoms with Gasteiger partial charge in [-0.25, -0.2) is 4.39 Å². The maximum absolute atomic E-state index is 13.2. The number of halogens is 2. The summed E-state index contributed by atoms with van der Waals surface area (Å²) in [6.45, 7) is 2.43. The van der Waals surface area contributed by atoms with Crippen LogP contribution in [-0.4, -0.2) is 51.8 Å². The molecule has 3 rings (SSSR count). The van der Waals surface area contributed by atoms with E-state index >= 15 is 0 Å². The molecule has 2 aromatic carbocycles. The molecule has 0 aromatic heterocycles. The molecule has 0 bridgehead atoms. The average Bonchev–Trinajstić information content (AvgIpc) is 3.22. The Bertz CT molecular complexity index is 784. The Kier molecular flexibility index (Phi) is 9.16. The molecule has 1 aliphatic rings. The smallest absolute Gasteiger partial charge is 0.193 e. The number of hydrogen-bond acceptors (Lipinski definition) is 3. The second-order valence-corrected chi connectivity index (χ2v) is 6.91. The Balaban J connectivity index is 0.00000300. The molecular weight excluding hydrogens is 484 g/mol. The number of ether oxygens (including phenoxy) is 2. The number of rotatable bonds is 6. The van der Waals surface area contributed by atoms with E-state index in [0.717, 1.165) is 36.8 Å². The molecule has 2 unspecified atom stereocenters. The number of aliphatic imine (C=N–C) groups is 1. The molecule has 0 radical (unpaired) electrons. The Morgan fingerprint density at radius 3 is 2.45 bits per heavy atom. The third-order valence-corrected chi connectivity index (χ3v) is 5.26. The van der Waals surface area contributed by atoms with Crippen molar-refractivity contribution in [1.82, 2.24) is 10.2 Å². The van der Waals surface area contributed by atoms with E-state index in [2.05, 4.69) is 27.3 Å². The van der Waals surface area contributed by atoms with Crippen LogP contribution in [0.2, 0.25) is 0 Å². The summed E-state index contributed by atoms with van der Waals surface area (Å²) in [4.78, 5) is 6.71. The molecule has 1 fully saturated rings. The minimum absolute atomic E-state index is 0. The van der Waals surface area contributed by atoms with Gasteiger partial charge in [-0.2, -0.15) is 0 Å². The summed E-state index contributed by atoms with van der Waals surface area (Å²) in [7, 11) is 5.14. The van der Waals surface area contributed by atoms with Crippen molar-refractivity contribution < 1.29 is 13.9 Å². The SMILES string of the molecule is CN=C(NCC(OC)c1ccc(F)cc1)N1CCC(c2ccc(OC)cc2)C1.I. The summed E-state index contributed by atoms with van der Waals surface area (Å²) in [5.74, 6) is 1.96. The van der Waals surface area contributed by atoms with Gasteiger partial charge in [0.05, 0.1) is 13.2 Å². The molecule has 0 aliphatic carbocycles. The molecule has 158 valence electrons.